The van der Waals surface area contributed by atoms with Crippen molar-refractivity contribution >= 4 is 18.0 Å². The topological polar surface area (TPSA) is 26.3 Å². The van der Waals surface area contributed by atoms with Crippen LogP contribution in [-0.2, 0) is 22.6 Å². The molecule has 2 nitrogen and oxygen atoms in total. The first-order valence-electron chi connectivity index (χ1n) is 11.3. The Bertz CT molecular complexity index is 776. The Kier molecular flexibility index (Phi) is 10.7. The van der Waals surface area contributed by atoms with Gasteiger partial charge in [0, 0.05) is 23.2 Å². The number of thioether (sulfide) groups is 1. The summed E-state index contributed by atoms with van der Waals surface area (Å²) in [5.41, 5.74) is 4.94. The molecule has 3 heteroatoms. The average Bonchev–Trinajstić information content (AvgIpc) is 2.75. The minimum Gasteiger partial charge on any atom is -0.380 e. The number of hydrogen-bond acceptors (Lipinski definition) is 3. The first-order chi connectivity index (χ1) is 14.6. The van der Waals surface area contributed by atoms with E-state index in [1.807, 2.05) is 11.8 Å². The number of aryl methyl sites for hydroxylation is 1. The zero-order valence-electron chi connectivity index (χ0n) is 19.2. The summed E-state index contributed by atoms with van der Waals surface area (Å²) in [6.07, 6.45) is 8.68. The number of rotatable bonds is 14. The van der Waals surface area contributed by atoms with Crippen LogP contribution in [-0.4, -0.2) is 19.1 Å². The van der Waals surface area contributed by atoms with E-state index in [4.69, 9.17) is 4.74 Å². The van der Waals surface area contributed by atoms with Gasteiger partial charge in [0.05, 0.1) is 6.61 Å². The maximum Gasteiger partial charge on any atom is 0.126 e. The summed E-state index contributed by atoms with van der Waals surface area (Å²) in [5, 5.41) is 0. The van der Waals surface area contributed by atoms with Crippen LogP contribution in [0.15, 0.2) is 47.4 Å². The molecular formula is C27H38O2S. The van der Waals surface area contributed by atoms with Crippen LogP contribution in [0.3, 0.4) is 0 Å². The van der Waals surface area contributed by atoms with Crippen LogP contribution in [0.1, 0.15) is 74.6 Å². The monoisotopic (exact) mass is 426 g/mol. The number of methoxy groups -OCH3 is 1. The summed E-state index contributed by atoms with van der Waals surface area (Å²) in [5.74, 6) is 0.871. The van der Waals surface area contributed by atoms with Gasteiger partial charge in [-0.25, -0.2) is 0 Å². The highest BCUT2D eigenvalue weighted by molar-refractivity contribution is 7.99. The lowest BCUT2D eigenvalue weighted by atomic mass is 9.81. The smallest absolute Gasteiger partial charge is 0.126 e. The Morgan fingerprint density at radius 3 is 2.33 bits per heavy atom. The zero-order valence-corrected chi connectivity index (χ0v) is 20.0. The molecular weight excluding hydrogens is 388 g/mol. The van der Waals surface area contributed by atoms with Gasteiger partial charge in [0.15, 0.2) is 0 Å². The fraction of sp³-hybridized carbons (Fsp3) is 0.519. The predicted octanol–water partition coefficient (Wildman–Crippen LogP) is 7.39. The van der Waals surface area contributed by atoms with E-state index < -0.39 is 0 Å². The third kappa shape index (κ3) is 7.59. The summed E-state index contributed by atoms with van der Waals surface area (Å²) in [4.78, 5) is 13.5. The molecule has 2 aromatic rings. The maximum atomic E-state index is 12.2. The summed E-state index contributed by atoms with van der Waals surface area (Å²) in [6.45, 7) is 7.20. The lowest BCUT2D eigenvalue weighted by molar-refractivity contribution is -0.116. The van der Waals surface area contributed by atoms with Crippen molar-refractivity contribution in [1.29, 1.82) is 0 Å². The van der Waals surface area contributed by atoms with E-state index in [1.54, 1.807) is 7.11 Å². The second-order valence-corrected chi connectivity index (χ2v) is 9.53. The second-order valence-electron chi connectivity index (χ2n) is 8.52. The third-order valence-corrected chi connectivity index (χ3v) is 7.16. The van der Waals surface area contributed by atoms with Gasteiger partial charge in [-0.2, -0.15) is 0 Å². The molecule has 0 aliphatic rings. The van der Waals surface area contributed by atoms with E-state index in [1.165, 1.54) is 33.4 Å². The van der Waals surface area contributed by atoms with Gasteiger partial charge < -0.3 is 9.53 Å². The normalized spacial score (nSPS) is 11.6. The molecule has 2 rings (SSSR count). The van der Waals surface area contributed by atoms with Crippen molar-refractivity contribution in [3.05, 3.63) is 64.7 Å². The number of carbonyl (C=O) groups excluding carboxylic acids is 1. The van der Waals surface area contributed by atoms with Gasteiger partial charge in [0.2, 0.25) is 0 Å². The molecule has 0 spiro atoms. The van der Waals surface area contributed by atoms with Crippen LogP contribution >= 0.6 is 11.8 Å². The molecule has 0 aromatic heterocycles. The maximum absolute atomic E-state index is 12.2. The fourth-order valence-corrected chi connectivity index (χ4v) is 5.18. The Morgan fingerprint density at radius 2 is 1.70 bits per heavy atom. The van der Waals surface area contributed by atoms with Gasteiger partial charge in [-0.3, -0.25) is 0 Å². The molecule has 0 aliphatic carbocycles. The molecule has 0 fully saturated rings. The molecule has 0 radical (unpaired) electrons. The lowest BCUT2D eigenvalue weighted by Gasteiger charge is -2.28. The van der Waals surface area contributed by atoms with Gasteiger partial charge in [-0.15, -0.1) is 11.8 Å². The molecule has 2 aromatic carbocycles. The van der Waals surface area contributed by atoms with Crippen molar-refractivity contribution in [2.24, 2.45) is 5.41 Å². The summed E-state index contributed by atoms with van der Waals surface area (Å²) in [7, 11) is 1.73. The van der Waals surface area contributed by atoms with Crippen LogP contribution in [0.25, 0.3) is 0 Å². The Labute approximate surface area is 187 Å². The Balaban J connectivity index is 2.20. The van der Waals surface area contributed by atoms with E-state index in [-0.39, 0.29) is 5.41 Å². The van der Waals surface area contributed by atoms with Crippen LogP contribution in [0, 0.1) is 12.3 Å². The third-order valence-electron chi connectivity index (χ3n) is 5.73. The number of unbranched alkanes of at least 4 members (excludes halogenated alkanes) is 2. The molecule has 0 heterocycles. The first kappa shape index (κ1) is 24.7. The van der Waals surface area contributed by atoms with E-state index in [0.29, 0.717) is 6.61 Å². The SMILES string of the molecule is CCCCC(C=O)(CCCC)CSc1ccc(C)cc1Cc1cccc(COC)c1. The van der Waals surface area contributed by atoms with Crippen molar-refractivity contribution in [2.45, 2.75) is 77.2 Å². The Hall–Kier alpha value is -1.58. The second kappa shape index (κ2) is 13.0. The van der Waals surface area contributed by atoms with E-state index in [2.05, 4.69) is 63.2 Å². The van der Waals surface area contributed by atoms with Crippen molar-refractivity contribution in [2.75, 3.05) is 12.9 Å². The number of benzene rings is 2. The highest BCUT2D eigenvalue weighted by atomic mass is 32.2. The molecule has 0 aliphatic heterocycles. The van der Waals surface area contributed by atoms with Crippen LogP contribution < -0.4 is 0 Å². The lowest BCUT2D eigenvalue weighted by Crippen LogP contribution is -2.26. The number of ether oxygens (including phenoxy) is 1. The van der Waals surface area contributed by atoms with Crippen molar-refractivity contribution in [3.63, 3.8) is 0 Å². The molecule has 0 amide bonds. The molecule has 0 N–H and O–H groups in total. The van der Waals surface area contributed by atoms with E-state index in [0.717, 1.165) is 50.7 Å². The minimum atomic E-state index is -0.197. The van der Waals surface area contributed by atoms with E-state index >= 15 is 0 Å². The fourth-order valence-electron chi connectivity index (χ4n) is 3.90. The molecule has 0 unspecified atom stereocenters. The number of carbonyl (C=O) groups is 1. The summed E-state index contributed by atoms with van der Waals surface area (Å²) < 4.78 is 5.29. The zero-order chi connectivity index (χ0) is 21.8. The van der Waals surface area contributed by atoms with Crippen LogP contribution in [0.2, 0.25) is 0 Å². The molecule has 0 saturated carbocycles. The highest BCUT2D eigenvalue weighted by Crippen LogP contribution is 2.37. The summed E-state index contributed by atoms with van der Waals surface area (Å²) in [6, 6.07) is 15.4. The molecule has 164 valence electrons. The Morgan fingerprint density at radius 1 is 1.00 bits per heavy atom. The standard InChI is InChI=1S/C27H38O2S/c1-5-7-14-27(20-28,15-8-6-2)21-30-26-13-12-22(3)16-25(26)18-23-10-9-11-24(17-23)19-29-4/h9-13,16-17,20H,5-8,14-15,18-19,21H2,1-4H3. The minimum absolute atomic E-state index is 0.197. The number of aldehydes is 1. The van der Waals surface area contributed by atoms with E-state index in [9.17, 15) is 4.79 Å². The first-order valence-corrected chi connectivity index (χ1v) is 12.3. The predicted molar refractivity (Wildman–Crippen MR) is 129 cm³/mol. The number of hydrogen-bond donors (Lipinski definition) is 0. The average molecular weight is 427 g/mol. The molecule has 0 saturated heterocycles. The van der Waals surface area contributed by atoms with Crippen LogP contribution in [0.5, 0.6) is 0 Å². The van der Waals surface area contributed by atoms with Gasteiger partial charge in [-0.05, 0) is 48.9 Å². The van der Waals surface area contributed by atoms with Gasteiger partial charge >= 0.3 is 0 Å². The molecule has 30 heavy (non-hydrogen) atoms. The quantitative estimate of drug-likeness (QED) is 0.233. The van der Waals surface area contributed by atoms with Crippen molar-refractivity contribution < 1.29 is 9.53 Å². The largest absolute Gasteiger partial charge is 0.380 e. The van der Waals surface area contributed by atoms with Crippen molar-refractivity contribution in [3.8, 4) is 0 Å². The van der Waals surface area contributed by atoms with Gasteiger partial charge in [0.1, 0.15) is 6.29 Å². The van der Waals surface area contributed by atoms with Crippen molar-refractivity contribution in [1.82, 2.24) is 0 Å². The summed E-state index contributed by atoms with van der Waals surface area (Å²) >= 11 is 1.87. The van der Waals surface area contributed by atoms with Gasteiger partial charge in [-0.1, -0.05) is 81.5 Å². The van der Waals surface area contributed by atoms with Gasteiger partial charge in [0.25, 0.3) is 0 Å². The highest BCUT2D eigenvalue weighted by Gasteiger charge is 2.29. The molecule has 0 bridgehead atoms. The molecule has 0 atom stereocenters. The van der Waals surface area contributed by atoms with Crippen LogP contribution in [0.4, 0.5) is 0 Å².